The molecule has 20 heavy (non-hydrogen) atoms. The highest BCUT2D eigenvalue weighted by atomic mass is 16.6. The number of carbonyl (C=O) groups excluding carboxylic acids is 1. The maximum atomic E-state index is 12.3. The highest BCUT2D eigenvalue weighted by molar-refractivity contribution is 5.97. The van der Waals surface area contributed by atoms with Crippen molar-refractivity contribution in [3.8, 4) is 5.75 Å². The molecular weight excluding hydrogens is 262 g/mol. The molecule has 4 N–H and O–H groups in total. The third-order valence-corrected chi connectivity index (χ3v) is 3.87. The van der Waals surface area contributed by atoms with E-state index in [1.165, 1.54) is 12.1 Å². The lowest BCUT2D eigenvalue weighted by atomic mass is 9.85. The number of nitrogens with two attached hydrogens (primary N) is 1. The molecule has 1 aromatic carbocycles. The number of nitrogens with one attached hydrogen (secondary N) is 1. The Hall–Kier alpha value is -2.15. The third kappa shape index (κ3) is 2.57. The summed E-state index contributed by atoms with van der Waals surface area (Å²) in [5, 5.41) is 22.9. The summed E-state index contributed by atoms with van der Waals surface area (Å²) in [6.45, 7) is 0.257. The van der Waals surface area contributed by atoms with Gasteiger partial charge in [-0.2, -0.15) is 0 Å². The highest BCUT2D eigenvalue weighted by Gasteiger charge is 2.40. The van der Waals surface area contributed by atoms with E-state index in [0.29, 0.717) is 0 Å². The van der Waals surface area contributed by atoms with Crippen molar-refractivity contribution in [2.45, 2.75) is 25.7 Å². The molecule has 0 heterocycles. The maximum Gasteiger partial charge on any atom is 0.273 e. The summed E-state index contributed by atoms with van der Waals surface area (Å²) >= 11 is 0. The fraction of sp³-hybridized carbons (Fsp3) is 0.462. The van der Waals surface area contributed by atoms with E-state index in [1.54, 1.807) is 0 Å². The van der Waals surface area contributed by atoms with Crippen LogP contribution in [0.5, 0.6) is 5.75 Å². The molecule has 0 bridgehead atoms. The number of hydrogen-bond acceptors (Lipinski definition) is 5. The Bertz CT molecular complexity index is 538. The minimum absolute atomic E-state index is 0.167. The number of amides is 1. The summed E-state index contributed by atoms with van der Waals surface area (Å²) in [4.78, 5) is 22.3. The molecule has 0 saturated heterocycles. The first-order valence-corrected chi connectivity index (χ1v) is 6.47. The van der Waals surface area contributed by atoms with Gasteiger partial charge in [-0.15, -0.1) is 0 Å². The van der Waals surface area contributed by atoms with Crippen molar-refractivity contribution >= 4 is 17.3 Å². The number of non-ortho nitro benzene ring substituents is 1. The van der Waals surface area contributed by atoms with E-state index in [9.17, 15) is 20.0 Å². The van der Waals surface area contributed by atoms with Crippen LogP contribution in [0.2, 0.25) is 0 Å². The van der Waals surface area contributed by atoms with Crippen LogP contribution in [0.25, 0.3) is 0 Å². The lowest BCUT2D eigenvalue weighted by Gasteiger charge is -2.25. The molecule has 0 spiro atoms. The summed E-state index contributed by atoms with van der Waals surface area (Å²) in [5.74, 6) is -0.556. The monoisotopic (exact) mass is 279 g/mol. The first kappa shape index (κ1) is 14.3. The predicted octanol–water partition coefficient (Wildman–Crippen LogP) is 1.76. The van der Waals surface area contributed by atoms with Crippen molar-refractivity contribution < 1.29 is 14.8 Å². The van der Waals surface area contributed by atoms with Crippen LogP contribution >= 0.6 is 0 Å². The van der Waals surface area contributed by atoms with Crippen molar-refractivity contribution in [2.24, 2.45) is 11.1 Å². The Kier molecular flexibility index (Phi) is 3.89. The zero-order valence-electron chi connectivity index (χ0n) is 11.0. The Morgan fingerprint density at radius 1 is 1.45 bits per heavy atom. The van der Waals surface area contributed by atoms with E-state index in [0.717, 1.165) is 31.7 Å². The lowest BCUT2D eigenvalue weighted by Crippen LogP contribution is -2.40. The van der Waals surface area contributed by atoms with Crippen LogP contribution in [0.15, 0.2) is 18.2 Å². The SMILES string of the molecule is NCC1(C(=O)Nc2ccc([N+](=O)[O-])cc2O)CCCC1. The van der Waals surface area contributed by atoms with Gasteiger partial charge in [0, 0.05) is 12.6 Å². The average molecular weight is 279 g/mol. The molecule has 7 heteroatoms. The topological polar surface area (TPSA) is 118 Å². The van der Waals surface area contributed by atoms with Gasteiger partial charge in [0.15, 0.2) is 0 Å². The van der Waals surface area contributed by atoms with Gasteiger partial charge in [-0.25, -0.2) is 0 Å². The fourth-order valence-electron chi connectivity index (χ4n) is 2.57. The second-order valence-corrected chi connectivity index (χ2v) is 5.10. The van der Waals surface area contributed by atoms with Crippen LogP contribution in [0.3, 0.4) is 0 Å². The van der Waals surface area contributed by atoms with Gasteiger partial charge in [0.25, 0.3) is 5.69 Å². The number of anilines is 1. The summed E-state index contributed by atoms with van der Waals surface area (Å²) in [5.41, 5.74) is 5.06. The molecule has 2 rings (SSSR count). The number of nitro benzene ring substituents is 1. The second kappa shape index (κ2) is 5.46. The molecule has 0 atom stereocenters. The number of nitrogens with zero attached hydrogens (tertiary/aromatic N) is 1. The van der Waals surface area contributed by atoms with Crippen LogP contribution in [0.1, 0.15) is 25.7 Å². The van der Waals surface area contributed by atoms with Crippen molar-refractivity contribution in [2.75, 3.05) is 11.9 Å². The van der Waals surface area contributed by atoms with Crippen LogP contribution < -0.4 is 11.1 Å². The van der Waals surface area contributed by atoms with Gasteiger partial charge in [-0.3, -0.25) is 14.9 Å². The van der Waals surface area contributed by atoms with Gasteiger partial charge >= 0.3 is 0 Å². The van der Waals surface area contributed by atoms with Crippen LogP contribution in [0.4, 0.5) is 11.4 Å². The highest BCUT2D eigenvalue weighted by Crippen LogP contribution is 2.39. The molecule has 7 nitrogen and oxygen atoms in total. The molecule has 1 fully saturated rings. The number of rotatable bonds is 4. The Morgan fingerprint density at radius 2 is 2.10 bits per heavy atom. The molecule has 0 unspecified atom stereocenters. The first-order chi connectivity index (χ1) is 9.48. The smallest absolute Gasteiger partial charge is 0.273 e. The number of hydrogen-bond donors (Lipinski definition) is 3. The van der Waals surface area contributed by atoms with Crippen LogP contribution in [0, 0.1) is 15.5 Å². The number of phenolic OH excluding ortho intramolecular Hbond substituents is 1. The minimum Gasteiger partial charge on any atom is -0.506 e. The summed E-state index contributed by atoms with van der Waals surface area (Å²) < 4.78 is 0. The molecule has 0 aromatic heterocycles. The van der Waals surface area contributed by atoms with Gasteiger partial charge in [-0.05, 0) is 18.9 Å². The molecular formula is C13H17N3O4. The van der Waals surface area contributed by atoms with E-state index in [-0.39, 0.29) is 29.6 Å². The van der Waals surface area contributed by atoms with E-state index in [2.05, 4.69) is 5.32 Å². The predicted molar refractivity (Wildman–Crippen MR) is 73.3 cm³/mol. The maximum absolute atomic E-state index is 12.3. The van der Waals surface area contributed by atoms with E-state index >= 15 is 0 Å². The number of benzene rings is 1. The fourth-order valence-corrected chi connectivity index (χ4v) is 2.57. The van der Waals surface area contributed by atoms with Gasteiger partial charge in [0.1, 0.15) is 5.75 Å². The molecule has 0 aliphatic heterocycles. The zero-order valence-corrected chi connectivity index (χ0v) is 11.0. The Balaban J connectivity index is 2.17. The summed E-state index contributed by atoms with van der Waals surface area (Å²) in [6, 6.07) is 3.57. The van der Waals surface area contributed by atoms with Gasteiger partial charge in [0.2, 0.25) is 5.91 Å². The number of phenols is 1. The third-order valence-electron chi connectivity index (χ3n) is 3.87. The largest absolute Gasteiger partial charge is 0.506 e. The lowest BCUT2D eigenvalue weighted by molar-refractivity contribution is -0.384. The Labute approximate surface area is 115 Å². The Morgan fingerprint density at radius 3 is 2.60 bits per heavy atom. The molecule has 1 saturated carbocycles. The van der Waals surface area contributed by atoms with E-state index in [4.69, 9.17) is 5.73 Å². The molecule has 0 radical (unpaired) electrons. The van der Waals surface area contributed by atoms with Crippen molar-refractivity contribution in [1.82, 2.24) is 0 Å². The second-order valence-electron chi connectivity index (χ2n) is 5.10. The molecule has 108 valence electrons. The standard InChI is InChI=1S/C13H17N3O4/c14-8-13(5-1-2-6-13)12(18)15-10-4-3-9(16(19)20)7-11(10)17/h3-4,7,17H,1-2,5-6,8,14H2,(H,15,18). The van der Waals surface area contributed by atoms with Gasteiger partial charge in [-0.1, -0.05) is 12.8 Å². The molecule has 1 amide bonds. The van der Waals surface area contributed by atoms with Crippen LogP contribution in [-0.2, 0) is 4.79 Å². The average Bonchev–Trinajstić information content (AvgIpc) is 2.90. The summed E-state index contributed by atoms with van der Waals surface area (Å²) in [7, 11) is 0. The number of nitro groups is 1. The zero-order chi connectivity index (χ0) is 14.8. The van der Waals surface area contributed by atoms with Crippen molar-refractivity contribution in [1.29, 1.82) is 0 Å². The molecule has 1 aliphatic rings. The minimum atomic E-state index is -0.607. The number of aromatic hydroxyl groups is 1. The normalized spacial score (nSPS) is 16.9. The van der Waals surface area contributed by atoms with Crippen molar-refractivity contribution in [3.63, 3.8) is 0 Å². The van der Waals surface area contributed by atoms with Crippen molar-refractivity contribution in [3.05, 3.63) is 28.3 Å². The van der Waals surface area contributed by atoms with Gasteiger partial charge in [0.05, 0.1) is 22.1 Å². The quantitative estimate of drug-likeness (QED) is 0.441. The molecule has 1 aliphatic carbocycles. The van der Waals surface area contributed by atoms with Crippen LogP contribution in [-0.4, -0.2) is 22.5 Å². The molecule has 1 aromatic rings. The summed E-state index contributed by atoms with van der Waals surface area (Å²) in [6.07, 6.45) is 3.36. The van der Waals surface area contributed by atoms with E-state index in [1.807, 2.05) is 0 Å². The first-order valence-electron chi connectivity index (χ1n) is 6.47. The van der Waals surface area contributed by atoms with Gasteiger partial charge < -0.3 is 16.2 Å². The number of carbonyl (C=O) groups is 1. The van der Waals surface area contributed by atoms with E-state index < -0.39 is 10.3 Å².